The van der Waals surface area contributed by atoms with Crippen molar-refractivity contribution in [1.29, 1.82) is 0 Å². The maximum Gasteiger partial charge on any atom is 0.301 e. The smallest absolute Gasteiger partial charge is 0.301 e. The van der Waals surface area contributed by atoms with E-state index in [1.54, 1.807) is 30.7 Å². The Hall–Kier alpha value is -4.70. The molecule has 0 saturated carbocycles. The van der Waals surface area contributed by atoms with E-state index in [0.717, 1.165) is 24.0 Å². The monoisotopic (exact) mass is 582 g/mol. The van der Waals surface area contributed by atoms with Gasteiger partial charge in [0, 0.05) is 6.20 Å². The number of benzene rings is 2. The van der Waals surface area contributed by atoms with Crippen LogP contribution in [0.25, 0.3) is 21.6 Å². The number of hydrogen-bond donors (Lipinski definition) is 1. The van der Waals surface area contributed by atoms with Crippen molar-refractivity contribution in [3.05, 3.63) is 89.4 Å². The third-order valence-electron chi connectivity index (χ3n) is 7.35. The molecule has 0 aliphatic carbocycles. The lowest BCUT2D eigenvalue weighted by Crippen LogP contribution is -2.29. The molecule has 1 aliphatic rings. The Bertz CT molecular complexity index is 1860. The summed E-state index contributed by atoms with van der Waals surface area (Å²) in [5.41, 5.74) is 2.76. The van der Waals surface area contributed by atoms with Gasteiger partial charge in [0.15, 0.2) is 10.9 Å². The number of aliphatic hydroxyl groups excluding tert-OH is 1. The number of carbonyl (C=O) groups is 2. The predicted octanol–water partition coefficient (Wildman–Crippen LogP) is 6.46. The summed E-state index contributed by atoms with van der Waals surface area (Å²) in [6.45, 7) is 4.45. The van der Waals surface area contributed by atoms with Crippen molar-refractivity contribution in [1.82, 2.24) is 14.4 Å². The van der Waals surface area contributed by atoms with Crippen molar-refractivity contribution in [2.75, 3.05) is 18.6 Å². The number of carbonyl (C=O) groups excluding carboxylic acids is 2. The van der Waals surface area contributed by atoms with Crippen molar-refractivity contribution in [2.24, 2.45) is 0 Å². The van der Waals surface area contributed by atoms with Crippen LogP contribution < -0.4 is 14.4 Å². The van der Waals surface area contributed by atoms with Crippen LogP contribution in [0.1, 0.15) is 49.2 Å². The normalized spacial score (nSPS) is 16.5. The van der Waals surface area contributed by atoms with E-state index < -0.39 is 17.7 Å². The number of Topliss-reactive ketones (excluding diaryl/α,β-unsaturated/α-hetero) is 1. The molecule has 214 valence electrons. The quantitative estimate of drug-likeness (QED) is 0.0921. The number of anilines is 1. The topological polar surface area (TPSA) is 106 Å². The molecule has 0 spiro atoms. The Balaban J connectivity index is 1.53. The van der Waals surface area contributed by atoms with Crippen LogP contribution in [0.3, 0.4) is 0 Å². The molecule has 9 nitrogen and oxygen atoms in total. The van der Waals surface area contributed by atoms with Gasteiger partial charge in [0.2, 0.25) is 0 Å². The van der Waals surface area contributed by atoms with Gasteiger partial charge in [0.05, 0.1) is 41.2 Å². The van der Waals surface area contributed by atoms with Crippen molar-refractivity contribution < 1.29 is 24.2 Å². The van der Waals surface area contributed by atoms with Crippen LogP contribution in [0.5, 0.6) is 11.5 Å². The summed E-state index contributed by atoms with van der Waals surface area (Å²) in [5, 5.41) is 12.1. The van der Waals surface area contributed by atoms with Gasteiger partial charge in [0.25, 0.3) is 5.78 Å². The highest BCUT2D eigenvalue weighted by atomic mass is 32.1. The first kappa shape index (κ1) is 27.5. The number of amides is 1. The van der Waals surface area contributed by atoms with Crippen LogP contribution in [0.15, 0.2) is 72.4 Å². The number of fused-ring (bicyclic) bond motifs is 2. The van der Waals surface area contributed by atoms with Gasteiger partial charge in [-0.25, -0.2) is 9.97 Å². The minimum absolute atomic E-state index is 0.0336. The zero-order chi connectivity index (χ0) is 29.4. The highest BCUT2D eigenvalue weighted by Crippen LogP contribution is 2.45. The molecule has 0 bridgehead atoms. The van der Waals surface area contributed by atoms with Crippen molar-refractivity contribution in [2.45, 2.75) is 39.2 Å². The Labute approximate surface area is 246 Å². The highest BCUT2D eigenvalue weighted by molar-refractivity contribution is 7.22. The second-order valence-corrected chi connectivity index (χ2v) is 11.1. The second-order valence-electron chi connectivity index (χ2n) is 10.1. The molecule has 1 N–H and O–H groups in total. The summed E-state index contributed by atoms with van der Waals surface area (Å²) in [6.07, 6.45) is 4.82. The first-order valence-electron chi connectivity index (χ1n) is 13.8. The lowest BCUT2D eigenvalue weighted by atomic mass is 9.96. The lowest BCUT2D eigenvalue weighted by molar-refractivity contribution is -0.132. The Morgan fingerprint density at radius 2 is 1.88 bits per heavy atom. The number of aryl methyl sites for hydroxylation is 1. The zero-order valence-electron chi connectivity index (χ0n) is 23.5. The van der Waals surface area contributed by atoms with Gasteiger partial charge in [-0.3, -0.25) is 18.9 Å². The highest BCUT2D eigenvalue weighted by Gasteiger charge is 2.48. The van der Waals surface area contributed by atoms with E-state index in [1.807, 2.05) is 54.6 Å². The summed E-state index contributed by atoms with van der Waals surface area (Å²) in [5.74, 6) is -0.585. The van der Waals surface area contributed by atoms with E-state index in [-0.39, 0.29) is 11.3 Å². The number of unbranched alkanes of at least 4 members (excludes halogenated alkanes) is 2. The minimum Gasteiger partial charge on any atom is -0.505 e. The molecule has 10 heteroatoms. The number of thiazole rings is 1. The third-order valence-corrected chi connectivity index (χ3v) is 8.37. The van der Waals surface area contributed by atoms with Crippen molar-refractivity contribution in [3.63, 3.8) is 0 Å². The number of rotatable bonds is 9. The zero-order valence-corrected chi connectivity index (χ0v) is 24.4. The largest absolute Gasteiger partial charge is 0.505 e. The number of nitrogens with zero attached hydrogens (tertiary/aromatic N) is 4. The first-order valence-corrected chi connectivity index (χ1v) is 14.6. The number of ether oxygens (including phenoxy) is 2. The van der Waals surface area contributed by atoms with E-state index in [9.17, 15) is 14.7 Å². The lowest BCUT2D eigenvalue weighted by Gasteiger charge is -2.23. The summed E-state index contributed by atoms with van der Waals surface area (Å²) >= 11 is 1.28. The maximum absolute atomic E-state index is 13.8. The molecule has 42 heavy (non-hydrogen) atoms. The van der Waals surface area contributed by atoms with Crippen LogP contribution in [-0.2, 0) is 9.59 Å². The van der Waals surface area contributed by atoms with Crippen LogP contribution in [-0.4, -0.2) is 44.9 Å². The molecule has 1 aliphatic heterocycles. The van der Waals surface area contributed by atoms with Gasteiger partial charge in [-0.2, -0.15) is 0 Å². The van der Waals surface area contributed by atoms with Gasteiger partial charge >= 0.3 is 5.91 Å². The average Bonchev–Trinajstić information content (AvgIpc) is 3.65. The van der Waals surface area contributed by atoms with Crippen molar-refractivity contribution >= 4 is 49.8 Å². The van der Waals surface area contributed by atoms with Crippen LogP contribution >= 0.6 is 11.3 Å². The van der Waals surface area contributed by atoms with Gasteiger partial charge in [-0.15, -0.1) is 0 Å². The molecule has 6 rings (SSSR count). The number of aliphatic hydroxyl groups is 1. The van der Waals surface area contributed by atoms with Gasteiger partial charge in [-0.1, -0.05) is 49.3 Å². The summed E-state index contributed by atoms with van der Waals surface area (Å²) in [4.78, 5) is 38.2. The van der Waals surface area contributed by atoms with E-state index >= 15 is 0 Å². The fraction of sp³-hybridized carbons (Fsp3) is 0.250. The van der Waals surface area contributed by atoms with E-state index in [0.29, 0.717) is 51.4 Å². The predicted molar refractivity (Wildman–Crippen MR) is 162 cm³/mol. The van der Waals surface area contributed by atoms with E-state index in [2.05, 4.69) is 11.9 Å². The van der Waals surface area contributed by atoms with E-state index in [1.165, 1.54) is 16.2 Å². The SMILES string of the molecule is CCCCCOc1cccc(C2C(=C(O)c3c(C)nc4ccccn34)C(=O)C(=O)N2c2nc3ccc(OC)cc3s2)c1. The molecular formula is C32H30N4O5S. The fourth-order valence-corrected chi connectivity index (χ4v) is 6.33. The summed E-state index contributed by atoms with van der Waals surface area (Å²) in [7, 11) is 1.58. The molecule has 4 heterocycles. The first-order chi connectivity index (χ1) is 20.4. The average molecular weight is 583 g/mol. The standard InChI is InChI=1S/C32H30N4O5S/c1-4-5-8-16-41-22-11-9-10-20(17-22)28-26(29(37)27-19(2)33-25-12-6-7-15-35(25)27)30(38)31(39)36(28)32-34-23-14-13-21(40-3)18-24(23)42-32/h6-7,9-15,17-18,28,37H,4-5,8,16H2,1-3H3. The molecule has 3 aromatic heterocycles. The Morgan fingerprint density at radius 3 is 2.69 bits per heavy atom. The minimum atomic E-state index is -0.944. The number of hydrogen-bond acceptors (Lipinski definition) is 8. The van der Waals surface area contributed by atoms with Gasteiger partial charge < -0.3 is 14.6 Å². The molecule has 0 radical (unpaired) electrons. The fourth-order valence-electron chi connectivity index (χ4n) is 5.31. The Morgan fingerprint density at radius 1 is 1.02 bits per heavy atom. The third kappa shape index (κ3) is 4.77. The number of aromatic nitrogens is 3. The summed E-state index contributed by atoms with van der Waals surface area (Å²) in [6, 6.07) is 17.3. The van der Waals surface area contributed by atoms with Gasteiger partial charge in [0.1, 0.15) is 22.8 Å². The molecule has 2 aromatic carbocycles. The summed E-state index contributed by atoms with van der Waals surface area (Å²) < 4.78 is 13.9. The van der Waals surface area contributed by atoms with Crippen LogP contribution in [0, 0.1) is 6.92 Å². The van der Waals surface area contributed by atoms with Gasteiger partial charge in [-0.05, 0) is 61.4 Å². The number of imidazole rings is 1. The van der Waals surface area contributed by atoms with E-state index in [4.69, 9.17) is 14.5 Å². The second kappa shape index (κ2) is 11.3. The molecule has 5 aromatic rings. The molecular weight excluding hydrogens is 552 g/mol. The van der Waals surface area contributed by atoms with Crippen LogP contribution in [0.2, 0.25) is 0 Å². The Kier molecular flexibility index (Phi) is 7.38. The molecule has 1 unspecified atom stereocenters. The number of methoxy groups -OCH3 is 1. The molecule has 1 saturated heterocycles. The molecule has 1 fully saturated rings. The molecule has 1 atom stereocenters. The maximum atomic E-state index is 13.8. The number of ketones is 1. The van der Waals surface area contributed by atoms with Crippen molar-refractivity contribution in [3.8, 4) is 11.5 Å². The number of pyridine rings is 1. The molecule has 1 amide bonds. The van der Waals surface area contributed by atoms with Crippen LogP contribution in [0.4, 0.5) is 5.13 Å².